The highest BCUT2D eigenvalue weighted by Crippen LogP contribution is 2.43. The second-order valence-corrected chi connectivity index (χ2v) is 13.0. The van der Waals surface area contributed by atoms with Crippen molar-refractivity contribution in [3.8, 4) is 0 Å². The topological polar surface area (TPSA) is 137 Å². The second kappa shape index (κ2) is 9.47. The molecular formula is C24H36N8O3S. The zero-order valence-electron chi connectivity index (χ0n) is 21.4. The van der Waals surface area contributed by atoms with Crippen molar-refractivity contribution < 1.29 is 14.1 Å². The number of nitrogen functional groups attached to an aromatic ring is 1. The quantitative estimate of drug-likeness (QED) is 0.582. The van der Waals surface area contributed by atoms with Gasteiger partial charge >= 0.3 is 0 Å². The monoisotopic (exact) mass is 516 g/mol. The molecule has 2 fully saturated rings. The van der Waals surface area contributed by atoms with Gasteiger partial charge in [-0.05, 0) is 47.0 Å². The van der Waals surface area contributed by atoms with Crippen LogP contribution in [-0.4, -0.2) is 73.3 Å². The molecule has 2 aromatic heterocycles. The van der Waals surface area contributed by atoms with E-state index in [0.717, 1.165) is 44.7 Å². The first-order valence-electron chi connectivity index (χ1n) is 12.6. The maximum Gasteiger partial charge on any atom is 0.281 e. The predicted octanol–water partition coefficient (Wildman–Crippen LogP) is 1.73. The van der Waals surface area contributed by atoms with Crippen LogP contribution in [0.25, 0.3) is 0 Å². The van der Waals surface area contributed by atoms with Gasteiger partial charge in [-0.25, -0.2) is 14.6 Å². The molecule has 0 aromatic carbocycles. The highest BCUT2D eigenvalue weighted by atomic mass is 32.2. The lowest BCUT2D eigenvalue weighted by Crippen LogP contribution is -2.56. The molecule has 12 heteroatoms. The number of ether oxygens (including phenoxy) is 1. The van der Waals surface area contributed by atoms with Gasteiger partial charge in [0.2, 0.25) is 0 Å². The van der Waals surface area contributed by atoms with Crippen molar-refractivity contribution in [3.63, 3.8) is 0 Å². The van der Waals surface area contributed by atoms with Gasteiger partial charge in [0.05, 0.1) is 31.1 Å². The molecule has 3 atom stereocenters. The lowest BCUT2D eigenvalue weighted by Gasteiger charge is -2.43. The summed E-state index contributed by atoms with van der Waals surface area (Å²) < 4.78 is 23.7. The Bertz CT molecular complexity index is 1110. The second-order valence-electron chi connectivity index (χ2n) is 11.0. The number of fused-ring (bicyclic) bond motifs is 1. The summed E-state index contributed by atoms with van der Waals surface area (Å²) in [6, 6.07) is 1.85. The Hall–Kier alpha value is -2.41. The molecule has 3 aliphatic heterocycles. The zero-order chi connectivity index (χ0) is 25.7. The largest absolute Gasteiger partial charge is 0.598 e. The number of piperidine rings is 1. The van der Waals surface area contributed by atoms with E-state index in [0.29, 0.717) is 19.0 Å². The van der Waals surface area contributed by atoms with Crippen LogP contribution in [0.5, 0.6) is 0 Å². The molecule has 3 N–H and O–H groups in total. The van der Waals surface area contributed by atoms with Crippen molar-refractivity contribution in [2.45, 2.75) is 70.4 Å². The average Bonchev–Trinajstić information content (AvgIpc) is 3.44. The van der Waals surface area contributed by atoms with Crippen LogP contribution in [0.4, 0.5) is 17.5 Å². The number of amides is 1. The fourth-order valence-electron chi connectivity index (χ4n) is 5.40. The molecule has 2 aromatic rings. The Balaban J connectivity index is 1.27. The van der Waals surface area contributed by atoms with Gasteiger partial charge in [0.25, 0.3) is 5.91 Å². The number of nitrogens with zero attached hydrogens (tertiary/aromatic N) is 6. The van der Waals surface area contributed by atoms with E-state index in [1.54, 1.807) is 17.3 Å². The molecule has 0 bridgehead atoms. The minimum absolute atomic E-state index is 0.00493. The van der Waals surface area contributed by atoms with Crippen LogP contribution in [0.3, 0.4) is 0 Å². The van der Waals surface area contributed by atoms with Crippen LogP contribution in [-0.2, 0) is 22.6 Å². The minimum Gasteiger partial charge on any atom is -0.598 e. The lowest BCUT2D eigenvalue weighted by molar-refractivity contribution is 0.0970. The number of hydrogen-bond acceptors (Lipinski definition) is 9. The Morgan fingerprint density at radius 1 is 1.28 bits per heavy atom. The van der Waals surface area contributed by atoms with Gasteiger partial charge in [0.1, 0.15) is 16.4 Å². The van der Waals surface area contributed by atoms with Crippen LogP contribution in [0.15, 0.2) is 18.5 Å². The van der Waals surface area contributed by atoms with E-state index in [9.17, 15) is 9.35 Å². The summed E-state index contributed by atoms with van der Waals surface area (Å²) in [6.07, 6.45) is 5.89. The first-order chi connectivity index (χ1) is 17.1. The molecule has 1 amide bonds. The van der Waals surface area contributed by atoms with Crippen LogP contribution in [0.1, 0.15) is 57.4 Å². The number of nitrogens with two attached hydrogens (primary N) is 1. The van der Waals surface area contributed by atoms with Crippen LogP contribution in [0, 0.1) is 5.41 Å². The summed E-state index contributed by atoms with van der Waals surface area (Å²) in [5.41, 5.74) is 6.33. The normalized spacial score (nSPS) is 24.7. The summed E-state index contributed by atoms with van der Waals surface area (Å²) >= 11 is -1.17. The number of aryl methyl sites for hydroxylation is 1. The van der Waals surface area contributed by atoms with Gasteiger partial charge in [0.15, 0.2) is 11.5 Å². The summed E-state index contributed by atoms with van der Waals surface area (Å²) in [5.74, 6) is 1.29. The van der Waals surface area contributed by atoms with Crippen molar-refractivity contribution >= 4 is 34.7 Å². The number of hydrogen-bond donors (Lipinski definition) is 2. The lowest BCUT2D eigenvalue weighted by atomic mass is 9.73. The fourth-order valence-corrected chi connectivity index (χ4v) is 6.42. The van der Waals surface area contributed by atoms with Crippen molar-refractivity contribution in [2.75, 3.05) is 41.8 Å². The number of carbonyl (C=O) groups excluding carboxylic acids is 1. The van der Waals surface area contributed by atoms with Gasteiger partial charge in [-0.1, -0.05) is 0 Å². The summed E-state index contributed by atoms with van der Waals surface area (Å²) in [7, 11) is 0. The van der Waals surface area contributed by atoms with Crippen LogP contribution < -0.4 is 20.3 Å². The highest BCUT2D eigenvalue weighted by molar-refractivity contribution is 7.90. The Labute approximate surface area is 215 Å². The van der Waals surface area contributed by atoms with Crippen molar-refractivity contribution in [2.24, 2.45) is 5.41 Å². The maximum absolute atomic E-state index is 13.2. The van der Waals surface area contributed by atoms with Crippen molar-refractivity contribution in [1.29, 1.82) is 0 Å². The van der Waals surface area contributed by atoms with Crippen molar-refractivity contribution in [3.05, 3.63) is 24.2 Å². The number of aromatic nitrogens is 4. The zero-order valence-corrected chi connectivity index (χ0v) is 22.3. The predicted molar refractivity (Wildman–Crippen MR) is 139 cm³/mol. The smallest absolute Gasteiger partial charge is 0.281 e. The molecule has 0 radical (unpaired) electrons. The van der Waals surface area contributed by atoms with E-state index in [1.807, 2.05) is 31.5 Å². The Morgan fingerprint density at radius 2 is 2.03 bits per heavy atom. The van der Waals surface area contributed by atoms with Crippen LogP contribution >= 0.6 is 0 Å². The van der Waals surface area contributed by atoms with E-state index in [4.69, 9.17) is 10.5 Å². The fraction of sp³-hybridized carbons (Fsp3) is 0.667. The van der Waals surface area contributed by atoms with E-state index < -0.39 is 11.4 Å². The molecule has 5 rings (SSSR count). The third kappa shape index (κ3) is 4.55. The molecule has 3 aliphatic rings. The number of nitrogens with one attached hydrogen (secondary N) is 1. The molecule has 2 saturated heterocycles. The SMILES string of the molecule is C[C@@H]1OCC2(CCN(c3cnc(C(=O)N4CCCn5nccc54)c(N)n3)CC2)[C@@H]1N[S@+]([O-])C(C)(C)C. The number of anilines is 3. The van der Waals surface area contributed by atoms with Crippen molar-refractivity contribution in [1.82, 2.24) is 24.5 Å². The molecule has 36 heavy (non-hydrogen) atoms. The molecule has 0 saturated carbocycles. The molecule has 196 valence electrons. The van der Waals surface area contributed by atoms with Gasteiger partial charge in [-0.3, -0.25) is 9.69 Å². The third-order valence-electron chi connectivity index (χ3n) is 7.59. The van der Waals surface area contributed by atoms with Gasteiger partial charge < -0.3 is 19.9 Å². The Morgan fingerprint density at radius 3 is 2.72 bits per heavy atom. The molecule has 11 nitrogen and oxygen atoms in total. The number of rotatable bonds is 4. The van der Waals surface area contributed by atoms with Gasteiger partial charge in [-0.2, -0.15) is 5.10 Å². The van der Waals surface area contributed by atoms with E-state index >= 15 is 0 Å². The Kier molecular flexibility index (Phi) is 6.64. The average molecular weight is 517 g/mol. The summed E-state index contributed by atoms with van der Waals surface area (Å²) in [6.45, 7) is 11.5. The summed E-state index contributed by atoms with van der Waals surface area (Å²) in [5, 5.41) is 4.27. The third-order valence-corrected chi connectivity index (χ3v) is 9.17. The van der Waals surface area contributed by atoms with Crippen LogP contribution in [0.2, 0.25) is 0 Å². The van der Waals surface area contributed by atoms with E-state index in [2.05, 4.69) is 31.6 Å². The standard InChI is InChI=1S/C24H36N8O3S/c1-16-20(29-36(34)23(2,3)4)24(15-35-16)7-12-30(13-8-24)17-14-26-19(21(25)28-17)22(33)31-10-5-11-32-18(31)6-9-27-32/h6,9,14,16,20,29H,5,7-8,10-13,15H2,1-4H3,(H2,25,28)/t16-,20+,36+/m0/s1. The first kappa shape index (κ1) is 25.2. The minimum atomic E-state index is -1.17. The first-order valence-corrected chi connectivity index (χ1v) is 13.7. The van der Waals surface area contributed by atoms with Gasteiger partial charge in [-0.15, -0.1) is 4.72 Å². The number of carbonyl (C=O) groups is 1. The molecule has 1 spiro atoms. The highest BCUT2D eigenvalue weighted by Gasteiger charge is 2.52. The van der Waals surface area contributed by atoms with E-state index in [1.165, 1.54) is 0 Å². The van der Waals surface area contributed by atoms with Gasteiger partial charge in [0, 0.05) is 49.0 Å². The maximum atomic E-state index is 13.2. The molecule has 5 heterocycles. The molecular weight excluding hydrogens is 480 g/mol. The summed E-state index contributed by atoms with van der Waals surface area (Å²) in [4.78, 5) is 26.0. The molecule has 0 aliphatic carbocycles. The molecule has 0 unspecified atom stereocenters. The van der Waals surface area contributed by atoms with E-state index in [-0.39, 0.29) is 39.7 Å².